The third-order valence-electron chi connectivity index (χ3n) is 4.80. The van der Waals surface area contributed by atoms with Crippen molar-refractivity contribution in [2.24, 2.45) is 5.92 Å². The minimum absolute atomic E-state index is 0. The van der Waals surface area contributed by atoms with Crippen LogP contribution in [0.5, 0.6) is 5.75 Å². The van der Waals surface area contributed by atoms with Crippen molar-refractivity contribution in [1.29, 1.82) is 0 Å². The Bertz CT molecular complexity index is 731. The van der Waals surface area contributed by atoms with Gasteiger partial charge in [0.15, 0.2) is 5.82 Å². The number of para-hydroxylation sites is 1. The molecule has 27 heavy (non-hydrogen) atoms. The number of amides is 1. The number of hydrogen-bond donors (Lipinski definition) is 2. The van der Waals surface area contributed by atoms with Crippen molar-refractivity contribution in [3.8, 4) is 5.75 Å². The second-order valence-corrected chi connectivity index (χ2v) is 6.65. The third kappa shape index (κ3) is 5.68. The standard InChI is InChI=1S/C19H26N4O3.ClH/c1-13-21-19(23-26-13)18(15-5-3-4-6-16(15)25-2)22-17(24)8-7-14-9-11-20-12-10-14;/h3-6,14,18,20H,7-12H2,1-2H3,(H,22,24);1H. The van der Waals surface area contributed by atoms with Gasteiger partial charge in [0.25, 0.3) is 0 Å². The fraction of sp³-hybridized carbons (Fsp3) is 0.526. The zero-order valence-corrected chi connectivity index (χ0v) is 16.6. The summed E-state index contributed by atoms with van der Waals surface area (Å²) in [5, 5.41) is 10.4. The molecule has 1 aliphatic heterocycles. The van der Waals surface area contributed by atoms with E-state index in [2.05, 4.69) is 20.8 Å². The molecule has 2 aromatic rings. The number of nitrogens with one attached hydrogen (secondary N) is 2. The highest BCUT2D eigenvalue weighted by molar-refractivity contribution is 5.85. The van der Waals surface area contributed by atoms with Crippen LogP contribution in [-0.4, -0.2) is 36.2 Å². The number of carbonyl (C=O) groups excluding carboxylic acids is 1. The topological polar surface area (TPSA) is 89.3 Å². The maximum absolute atomic E-state index is 12.6. The SMILES string of the molecule is COc1ccccc1C(NC(=O)CCC1CCNCC1)c1noc(C)n1.Cl. The molecule has 2 N–H and O–H groups in total. The summed E-state index contributed by atoms with van der Waals surface area (Å²) < 4.78 is 10.6. The van der Waals surface area contributed by atoms with Crippen molar-refractivity contribution in [2.45, 2.75) is 38.6 Å². The van der Waals surface area contributed by atoms with E-state index >= 15 is 0 Å². The average molecular weight is 395 g/mol. The molecule has 1 unspecified atom stereocenters. The van der Waals surface area contributed by atoms with Gasteiger partial charge < -0.3 is 19.9 Å². The first-order chi connectivity index (χ1) is 12.7. The van der Waals surface area contributed by atoms with Crippen LogP contribution in [0.2, 0.25) is 0 Å². The number of hydrogen-bond acceptors (Lipinski definition) is 6. The minimum atomic E-state index is -0.496. The molecule has 8 heteroatoms. The summed E-state index contributed by atoms with van der Waals surface area (Å²) in [6.07, 6.45) is 3.66. The quantitative estimate of drug-likeness (QED) is 0.750. The van der Waals surface area contributed by atoms with Crippen molar-refractivity contribution in [3.63, 3.8) is 0 Å². The number of aromatic nitrogens is 2. The van der Waals surface area contributed by atoms with Crippen LogP contribution in [-0.2, 0) is 4.79 Å². The zero-order valence-electron chi connectivity index (χ0n) is 15.7. The van der Waals surface area contributed by atoms with Gasteiger partial charge in [-0.25, -0.2) is 0 Å². The lowest BCUT2D eigenvalue weighted by atomic mass is 9.93. The van der Waals surface area contributed by atoms with Gasteiger partial charge in [-0.15, -0.1) is 12.4 Å². The van der Waals surface area contributed by atoms with E-state index in [4.69, 9.17) is 9.26 Å². The molecule has 1 aliphatic rings. The first-order valence-corrected chi connectivity index (χ1v) is 9.10. The van der Waals surface area contributed by atoms with Gasteiger partial charge in [0.05, 0.1) is 7.11 Å². The monoisotopic (exact) mass is 394 g/mol. The van der Waals surface area contributed by atoms with Gasteiger partial charge >= 0.3 is 0 Å². The van der Waals surface area contributed by atoms with E-state index in [1.165, 1.54) is 0 Å². The molecule has 0 radical (unpaired) electrons. The van der Waals surface area contributed by atoms with Gasteiger partial charge in [-0.1, -0.05) is 23.4 Å². The van der Waals surface area contributed by atoms with Crippen molar-refractivity contribution < 1.29 is 14.1 Å². The second-order valence-electron chi connectivity index (χ2n) is 6.65. The highest BCUT2D eigenvalue weighted by Crippen LogP contribution is 2.29. The number of rotatable bonds is 7. The average Bonchev–Trinajstić information content (AvgIpc) is 3.11. The molecule has 3 rings (SSSR count). The number of benzene rings is 1. The number of carbonyl (C=O) groups is 1. The van der Waals surface area contributed by atoms with Gasteiger partial charge in [0.2, 0.25) is 11.8 Å². The fourth-order valence-corrected chi connectivity index (χ4v) is 3.36. The molecule has 148 valence electrons. The van der Waals surface area contributed by atoms with E-state index in [9.17, 15) is 4.79 Å². The Morgan fingerprint density at radius 1 is 1.37 bits per heavy atom. The van der Waals surface area contributed by atoms with Gasteiger partial charge in [-0.05, 0) is 44.3 Å². The molecule has 1 amide bonds. The first kappa shape index (κ1) is 21.2. The minimum Gasteiger partial charge on any atom is -0.496 e. The maximum Gasteiger partial charge on any atom is 0.223 e. The lowest BCUT2D eigenvalue weighted by Crippen LogP contribution is -2.32. The van der Waals surface area contributed by atoms with Crippen LogP contribution >= 0.6 is 12.4 Å². The van der Waals surface area contributed by atoms with Gasteiger partial charge in [0, 0.05) is 18.9 Å². The predicted octanol–water partition coefficient (Wildman–Crippen LogP) is 2.79. The molecule has 0 saturated carbocycles. The molecule has 1 aromatic carbocycles. The Balaban J connectivity index is 0.00000261. The largest absolute Gasteiger partial charge is 0.496 e. The number of ether oxygens (including phenoxy) is 1. The molecule has 1 saturated heterocycles. The number of aryl methyl sites for hydroxylation is 1. The van der Waals surface area contributed by atoms with Gasteiger partial charge in [-0.2, -0.15) is 4.98 Å². The fourth-order valence-electron chi connectivity index (χ4n) is 3.36. The molecular weight excluding hydrogens is 368 g/mol. The van der Waals surface area contributed by atoms with Crippen LogP contribution in [0.4, 0.5) is 0 Å². The molecule has 1 fully saturated rings. The second kappa shape index (κ2) is 10.3. The summed E-state index contributed by atoms with van der Waals surface area (Å²) in [6.45, 7) is 3.81. The zero-order chi connectivity index (χ0) is 18.4. The van der Waals surface area contributed by atoms with E-state index in [1.54, 1.807) is 14.0 Å². The third-order valence-corrected chi connectivity index (χ3v) is 4.80. The first-order valence-electron chi connectivity index (χ1n) is 9.10. The van der Waals surface area contributed by atoms with Crippen molar-refractivity contribution in [2.75, 3.05) is 20.2 Å². The summed E-state index contributed by atoms with van der Waals surface area (Å²) in [5.74, 6) is 2.17. The molecule has 0 spiro atoms. The van der Waals surface area contributed by atoms with E-state index in [0.717, 1.165) is 37.9 Å². The summed E-state index contributed by atoms with van der Waals surface area (Å²) in [5.41, 5.74) is 0.811. The Kier molecular flexibility index (Phi) is 8.06. The summed E-state index contributed by atoms with van der Waals surface area (Å²) >= 11 is 0. The van der Waals surface area contributed by atoms with E-state index in [0.29, 0.717) is 29.8 Å². The predicted molar refractivity (Wildman–Crippen MR) is 104 cm³/mol. The number of methoxy groups -OCH3 is 1. The van der Waals surface area contributed by atoms with Crippen LogP contribution < -0.4 is 15.4 Å². The summed E-state index contributed by atoms with van der Waals surface area (Å²) in [6, 6.07) is 7.06. The maximum atomic E-state index is 12.6. The van der Waals surface area contributed by atoms with E-state index in [1.807, 2.05) is 24.3 Å². The molecule has 0 bridgehead atoms. The number of nitrogens with zero attached hydrogens (tertiary/aromatic N) is 2. The van der Waals surface area contributed by atoms with Crippen molar-refractivity contribution in [3.05, 3.63) is 41.5 Å². The Labute approximate surface area is 165 Å². The van der Waals surface area contributed by atoms with Gasteiger partial charge in [-0.3, -0.25) is 4.79 Å². The smallest absolute Gasteiger partial charge is 0.223 e. The van der Waals surface area contributed by atoms with Crippen LogP contribution in [0, 0.1) is 12.8 Å². The number of halogens is 1. The van der Waals surface area contributed by atoms with E-state index in [-0.39, 0.29) is 18.3 Å². The molecule has 2 heterocycles. The molecule has 1 aromatic heterocycles. The molecule has 1 atom stereocenters. The van der Waals surface area contributed by atoms with Gasteiger partial charge in [0.1, 0.15) is 11.8 Å². The Morgan fingerprint density at radius 2 is 2.11 bits per heavy atom. The highest BCUT2D eigenvalue weighted by atomic mass is 35.5. The molecule has 0 aliphatic carbocycles. The summed E-state index contributed by atoms with van der Waals surface area (Å²) in [7, 11) is 1.61. The normalized spacial score (nSPS) is 15.6. The van der Waals surface area contributed by atoms with Crippen LogP contribution in [0.3, 0.4) is 0 Å². The van der Waals surface area contributed by atoms with Crippen LogP contribution in [0.1, 0.15) is 49.0 Å². The van der Waals surface area contributed by atoms with Crippen molar-refractivity contribution in [1.82, 2.24) is 20.8 Å². The molecular formula is C19H27ClN4O3. The van der Waals surface area contributed by atoms with Crippen LogP contribution in [0.25, 0.3) is 0 Å². The van der Waals surface area contributed by atoms with Crippen molar-refractivity contribution >= 4 is 18.3 Å². The molecule has 7 nitrogen and oxygen atoms in total. The lowest BCUT2D eigenvalue weighted by Gasteiger charge is -2.23. The summed E-state index contributed by atoms with van der Waals surface area (Å²) in [4.78, 5) is 16.9. The number of piperidine rings is 1. The van der Waals surface area contributed by atoms with Crippen LogP contribution in [0.15, 0.2) is 28.8 Å². The Hall–Kier alpha value is -2.12. The highest BCUT2D eigenvalue weighted by Gasteiger charge is 2.25. The Morgan fingerprint density at radius 3 is 2.78 bits per heavy atom. The van der Waals surface area contributed by atoms with E-state index < -0.39 is 6.04 Å². The lowest BCUT2D eigenvalue weighted by molar-refractivity contribution is -0.122.